The number of allylic oxidation sites excluding steroid dienone is 1. The minimum Gasteiger partial charge on any atom is -0.384 e. The third-order valence-electron chi connectivity index (χ3n) is 3.85. The SMILES string of the molecule is CCCNc1ccccc1C(=O)NCCC1=CCCCC1. The van der Waals surface area contributed by atoms with Crippen molar-refractivity contribution in [2.45, 2.75) is 45.4 Å². The number of para-hydroxylation sites is 1. The van der Waals surface area contributed by atoms with Crippen LogP contribution in [0.3, 0.4) is 0 Å². The third-order valence-corrected chi connectivity index (χ3v) is 3.85. The van der Waals surface area contributed by atoms with Crippen LogP contribution in [0, 0.1) is 0 Å². The Kier molecular flexibility index (Phi) is 6.32. The smallest absolute Gasteiger partial charge is 0.253 e. The topological polar surface area (TPSA) is 41.1 Å². The van der Waals surface area contributed by atoms with Gasteiger partial charge < -0.3 is 10.6 Å². The largest absolute Gasteiger partial charge is 0.384 e. The van der Waals surface area contributed by atoms with Crippen molar-refractivity contribution in [3.8, 4) is 0 Å². The second-order valence-corrected chi connectivity index (χ2v) is 5.59. The van der Waals surface area contributed by atoms with Crippen molar-refractivity contribution in [3.63, 3.8) is 0 Å². The second kappa shape index (κ2) is 8.50. The number of carbonyl (C=O) groups excluding carboxylic acids is 1. The fourth-order valence-corrected chi connectivity index (χ4v) is 2.66. The van der Waals surface area contributed by atoms with E-state index in [1.807, 2.05) is 24.3 Å². The van der Waals surface area contributed by atoms with Crippen LogP contribution in [0.2, 0.25) is 0 Å². The van der Waals surface area contributed by atoms with Gasteiger partial charge in [0.15, 0.2) is 0 Å². The Bertz CT molecular complexity index is 494. The van der Waals surface area contributed by atoms with Gasteiger partial charge in [0.05, 0.1) is 5.56 Å². The van der Waals surface area contributed by atoms with Crippen LogP contribution in [0.15, 0.2) is 35.9 Å². The lowest BCUT2D eigenvalue weighted by Gasteiger charge is -2.14. The Morgan fingerprint density at radius 2 is 2.05 bits per heavy atom. The molecule has 0 saturated heterocycles. The van der Waals surface area contributed by atoms with Crippen LogP contribution in [0.1, 0.15) is 55.8 Å². The predicted octanol–water partition coefficient (Wildman–Crippen LogP) is 4.13. The summed E-state index contributed by atoms with van der Waals surface area (Å²) < 4.78 is 0. The highest BCUT2D eigenvalue weighted by molar-refractivity contribution is 5.99. The molecule has 0 bridgehead atoms. The van der Waals surface area contributed by atoms with Crippen LogP contribution in [0.5, 0.6) is 0 Å². The highest BCUT2D eigenvalue weighted by Gasteiger charge is 2.10. The summed E-state index contributed by atoms with van der Waals surface area (Å²) in [7, 11) is 0. The molecule has 0 spiro atoms. The average Bonchev–Trinajstić information content (AvgIpc) is 2.54. The summed E-state index contributed by atoms with van der Waals surface area (Å²) in [5, 5.41) is 6.35. The summed E-state index contributed by atoms with van der Waals surface area (Å²) in [5.41, 5.74) is 3.16. The maximum atomic E-state index is 12.3. The molecular formula is C18H26N2O. The highest BCUT2D eigenvalue weighted by Crippen LogP contribution is 2.19. The maximum Gasteiger partial charge on any atom is 0.253 e. The van der Waals surface area contributed by atoms with E-state index < -0.39 is 0 Å². The number of benzene rings is 1. The fraction of sp³-hybridized carbons (Fsp3) is 0.500. The summed E-state index contributed by atoms with van der Waals surface area (Å²) >= 11 is 0. The summed E-state index contributed by atoms with van der Waals surface area (Å²) in [4.78, 5) is 12.3. The molecule has 0 aliphatic heterocycles. The van der Waals surface area contributed by atoms with E-state index in [0.29, 0.717) is 0 Å². The molecular weight excluding hydrogens is 260 g/mol. The van der Waals surface area contributed by atoms with Gasteiger partial charge in [0.2, 0.25) is 0 Å². The first-order valence-electron chi connectivity index (χ1n) is 8.10. The average molecular weight is 286 g/mol. The first-order valence-corrected chi connectivity index (χ1v) is 8.10. The van der Waals surface area contributed by atoms with Crippen molar-refractivity contribution in [1.29, 1.82) is 0 Å². The molecule has 0 heterocycles. The van der Waals surface area contributed by atoms with E-state index in [4.69, 9.17) is 0 Å². The van der Waals surface area contributed by atoms with E-state index in [1.165, 1.54) is 31.3 Å². The molecule has 0 fully saturated rings. The van der Waals surface area contributed by atoms with Gasteiger partial charge in [0, 0.05) is 18.8 Å². The highest BCUT2D eigenvalue weighted by atomic mass is 16.1. The van der Waals surface area contributed by atoms with E-state index in [9.17, 15) is 4.79 Å². The van der Waals surface area contributed by atoms with Crippen molar-refractivity contribution in [1.82, 2.24) is 5.32 Å². The summed E-state index contributed by atoms with van der Waals surface area (Å²) in [6, 6.07) is 7.72. The third kappa shape index (κ3) is 4.92. The zero-order valence-electron chi connectivity index (χ0n) is 13.0. The van der Waals surface area contributed by atoms with Gasteiger partial charge in [0.25, 0.3) is 5.91 Å². The maximum absolute atomic E-state index is 12.3. The molecule has 0 unspecified atom stereocenters. The summed E-state index contributed by atoms with van der Waals surface area (Å²) in [5.74, 6) is 0.0191. The Hall–Kier alpha value is -1.77. The lowest BCUT2D eigenvalue weighted by Crippen LogP contribution is -2.26. The van der Waals surface area contributed by atoms with Gasteiger partial charge in [-0.3, -0.25) is 4.79 Å². The van der Waals surface area contributed by atoms with Crippen molar-refractivity contribution < 1.29 is 4.79 Å². The number of anilines is 1. The van der Waals surface area contributed by atoms with Gasteiger partial charge in [-0.15, -0.1) is 0 Å². The van der Waals surface area contributed by atoms with E-state index in [0.717, 1.165) is 37.2 Å². The molecule has 2 N–H and O–H groups in total. The number of hydrogen-bond acceptors (Lipinski definition) is 2. The Morgan fingerprint density at radius 3 is 2.81 bits per heavy atom. The lowest BCUT2D eigenvalue weighted by atomic mass is 9.97. The van der Waals surface area contributed by atoms with E-state index >= 15 is 0 Å². The molecule has 21 heavy (non-hydrogen) atoms. The van der Waals surface area contributed by atoms with Gasteiger partial charge in [-0.25, -0.2) is 0 Å². The monoisotopic (exact) mass is 286 g/mol. The Balaban J connectivity index is 1.86. The number of rotatable bonds is 7. The van der Waals surface area contributed by atoms with E-state index in [1.54, 1.807) is 0 Å². The van der Waals surface area contributed by atoms with Crippen molar-refractivity contribution in [3.05, 3.63) is 41.5 Å². The number of hydrogen-bond donors (Lipinski definition) is 2. The quantitative estimate of drug-likeness (QED) is 0.740. The van der Waals surface area contributed by atoms with Gasteiger partial charge in [-0.2, -0.15) is 0 Å². The van der Waals surface area contributed by atoms with Crippen molar-refractivity contribution >= 4 is 11.6 Å². The molecule has 2 rings (SSSR count). The van der Waals surface area contributed by atoms with Crippen LogP contribution in [0.25, 0.3) is 0 Å². The number of carbonyl (C=O) groups is 1. The molecule has 3 heteroatoms. The molecule has 114 valence electrons. The first kappa shape index (κ1) is 15.6. The zero-order valence-corrected chi connectivity index (χ0v) is 13.0. The number of amides is 1. The van der Waals surface area contributed by atoms with E-state index in [2.05, 4.69) is 23.6 Å². The van der Waals surface area contributed by atoms with Crippen LogP contribution in [-0.4, -0.2) is 19.0 Å². The minimum atomic E-state index is 0.0191. The molecule has 1 amide bonds. The van der Waals surface area contributed by atoms with Crippen molar-refractivity contribution in [2.75, 3.05) is 18.4 Å². The molecule has 0 radical (unpaired) electrons. The van der Waals surface area contributed by atoms with Crippen LogP contribution >= 0.6 is 0 Å². The molecule has 1 aliphatic carbocycles. The normalized spacial score (nSPS) is 14.4. The Labute approximate surface area is 127 Å². The molecule has 0 aromatic heterocycles. The Morgan fingerprint density at radius 1 is 1.19 bits per heavy atom. The predicted molar refractivity (Wildman–Crippen MR) is 88.7 cm³/mol. The molecule has 0 saturated carbocycles. The molecule has 0 atom stereocenters. The van der Waals surface area contributed by atoms with Gasteiger partial charge in [-0.1, -0.05) is 30.7 Å². The standard InChI is InChI=1S/C18H26N2O/c1-2-13-19-17-11-7-6-10-16(17)18(21)20-14-12-15-8-4-3-5-9-15/h6-8,10-11,19H,2-5,9,12-14H2,1H3,(H,20,21). The molecule has 3 nitrogen and oxygen atoms in total. The van der Waals surface area contributed by atoms with Crippen LogP contribution in [0.4, 0.5) is 5.69 Å². The fourth-order valence-electron chi connectivity index (χ4n) is 2.66. The van der Waals surface area contributed by atoms with Gasteiger partial charge >= 0.3 is 0 Å². The number of nitrogens with one attached hydrogen (secondary N) is 2. The molecule has 1 aliphatic rings. The lowest BCUT2D eigenvalue weighted by molar-refractivity contribution is 0.0955. The van der Waals surface area contributed by atoms with Crippen LogP contribution < -0.4 is 10.6 Å². The molecule has 1 aromatic rings. The van der Waals surface area contributed by atoms with E-state index in [-0.39, 0.29) is 5.91 Å². The van der Waals surface area contributed by atoms with Gasteiger partial charge in [-0.05, 0) is 50.7 Å². The second-order valence-electron chi connectivity index (χ2n) is 5.59. The molecule has 1 aromatic carbocycles. The van der Waals surface area contributed by atoms with Crippen LogP contribution in [-0.2, 0) is 0 Å². The summed E-state index contributed by atoms with van der Waals surface area (Å²) in [6.07, 6.45) is 9.38. The van der Waals surface area contributed by atoms with Crippen molar-refractivity contribution in [2.24, 2.45) is 0 Å². The summed E-state index contributed by atoms with van der Waals surface area (Å²) in [6.45, 7) is 3.73. The zero-order chi connectivity index (χ0) is 14.9. The van der Waals surface area contributed by atoms with Gasteiger partial charge in [0.1, 0.15) is 0 Å². The first-order chi connectivity index (χ1) is 10.3. The minimum absolute atomic E-state index is 0.0191.